The number of aromatic nitrogens is 1. The van der Waals surface area contributed by atoms with Crippen molar-refractivity contribution in [1.29, 1.82) is 0 Å². The molecule has 264 valence electrons. The van der Waals surface area contributed by atoms with Gasteiger partial charge < -0.3 is 19.5 Å². The van der Waals surface area contributed by atoms with Crippen LogP contribution >= 0.6 is 0 Å². The summed E-state index contributed by atoms with van der Waals surface area (Å²) in [4.78, 5) is 33.3. The predicted molar refractivity (Wildman–Crippen MR) is 169 cm³/mol. The van der Waals surface area contributed by atoms with Crippen molar-refractivity contribution in [3.63, 3.8) is 0 Å². The molecule has 8 nitrogen and oxygen atoms in total. The van der Waals surface area contributed by atoms with E-state index in [2.05, 4.69) is 4.90 Å². The number of cyclic esters (lactones) is 1. The summed E-state index contributed by atoms with van der Waals surface area (Å²) in [7, 11) is 1.50. The van der Waals surface area contributed by atoms with Gasteiger partial charge in [0.25, 0.3) is 0 Å². The molecular formula is C35H37F6N3O5. The summed E-state index contributed by atoms with van der Waals surface area (Å²) in [5.74, 6) is -1.90. The van der Waals surface area contributed by atoms with Crippen LogP contribution in [0.15, 0.2) is 65.8 Å². The van der Waals surface area contributed by atoms with Crippen LogP contribution in [0.3, 0.4) is 0 Å². The number of aliphatic carboxylic acids is 1. The number of hydrogen-bond acceptors (Lipinski definition) is 6. The molecule has 5 rings (SSSR count). The van der Waals surface area contributed by atoms with E-state index in [9.17, 15) is 41.0 Å². The quantitative estimate of drug-likeness (QED) is 0.238. The molecule has 49 heavy (non-hydrogen) atoms. The highest BCUT2D eigenvalue weighted by atomic mass is 19.4. The van der Waals surface area contributed by atoms with Gasteiger partial charge in [-0.05, 0) is 60.2 Å². The van der Waals surface area contributed by atoms with Crippen molar-refractivity contribution in [1.82, 2.24) is 9.88 Å². The van der Waals surface area contributed by atoms with E-state index in [4.69, 9.17) is 14.5 Å². The van der Waals surface area contributed by atoms with Gasteiger partial charge in [-0.1, -0.05) is 37.3 Å². The highest BCUT2D eigenvalue weighted by Crippen LogP contribution is 2.39. The lowest BCUT2D eigenvalue weighted by molar-refractivity contribution is -0.149. The van der Waals surface area contributed by atoms with Crippen molar-refractivity contribution in [2.24, 2.45) is 5.92 Å². The normalized spacial score (nSPS) is 21.4. The molecule has 1 N–H and O–H groups in total. The molecule has 0 bridgehead atoms. The Bertz CT molecular complexity index is 1650. The van der Waals surface area contributed by atoms with E-state index >= 15 is 0 Å². The number of methoxy groups -OCH3 is 1. The molecule has 3 unspecified atom stereocenters. The minimum atomic E-state index is -4.76. The van der Waals surface area contributed by atoms with Gasteiger partial charge in [0, 0.05) is 43.1 Å². The summed E-state index contributed by atoms with van der Waals surface area (Å²) in [5, 5.41) is 9.20. The number of rotatable bonds is 11. The molecule has 14 heteroatoms. The van der Waals surface area contributed by atoms with E-state index in [0.717, 1.165) is 43.3 Å². The molecule has 3 aliphatic rings. The standard InChI is InChI=1S/C35H37F6N3O5/c1-3-25-18-30(23-15-22(19-34(36,37)38)5-8-24(17-23)35(39,40)41)49-33(47)44(25)20-28-26(9-11-31(42-28)43-13-4-14-43)27-16-21(7-12-32(45)46)6-10-29(27)48-2/h5-6,8-11,15-17,24-25,30H,3-4,7,12-14,18-20H2,1-2H3,(H,45,46). The van der Waals surface area contributed by atoms with Crippen molar-refractivity contribution in [3.8, 4) is 16.9 Å². The lowest BCUT2D eigenvalue weighted by atomic mass is 9.93. The second-order valence-corrected chi connectivity index (χ2v) is 12.3. The topological polar surface area (TPSA) is 92.2 Å². The zero-order valence-electron chi connectivity index (χ0n) is 27.0. The molecule has 2 aliphatic heterocycles. The van der Waals surface area contributed by atoms with Crippen molar-refractivity contribution in [2.75, 3.05) is 25.1 Å². The number of carboxylic acid groups (broad SMARTS) is 1. The number of halogens is 6. The lowest BCUT2D eigenvalue weighted by Crippen LogP contribution is -2.49. The SMILES string of the molecule is CCC1CC(C2=CC(C(F)(F)F)C=CC(CC(F)(F)F)=C2)OC(=O)N1Cc1nc(N2CCC2)ccc1-c1cc(CCC(=O)O)ccc1OC. The first-order valence-electron chi connectivity index (χ1n) is 16.0. The zero-order chi connectivity index (χ0) is 35.5. The Morgan fingerprint density at radius 3 is 2.47 bits per heavy atom. The first-order chi connectivity index (χ1) is 23.1. The van der Waals surface area contributed by atoms with Gasteiger partial charge >= 0.3 is 24.4 Å². The van der Waals surface area contributed by atoms with Gasteiger partial charge in [0.05, 0.1) is 31.7 Å². The maximum atomic E-state index is 13.8. The van der Waals surface area contributed by atoms with Crippen LogP contribution in [0.25, 0.3) is 11.1 Å². The average molecular weight is 694 g/mol. The summed E-state index contributed by atoms with van der Waals surface area (Å²) in [6.45, 7) is 3.37. The van der Waals surface area contributed by atoms with E-state index in [-0.39, 0.29) is 37.0 Å². The Kier molecular flexibility index (Phi) is 10.6. The number of ether oxygens (including phenoxy) is 2. The lowest BCUT2D eigenvalue weighted by Gasteiger charge is -2.39. The minimum Gasteiger partial charge on any atom is -0.496 e. The predicted octanol–water partition coefficient (Wildman–Crippen LogP) is 8.03. The van der Waals surface area contributed by atoms with Gasteiger partial charge in [-0.15, -0.1) is 0 Å². The van der Waals surface area contributed by atoms with Gasteiger partial charge in [0.2, 0.25) is 0 Å². The van der Waals surface area contributed by atoms with E-state index in [1.807, 2.05) is 18.2 Å². The van der Waals surface area contributed by atoms with Crippen LogP contribution in [0, 0.1) is 5.92 Å². The number of hydrogen-bond donors (Lipinski definition) is 1. The van der Waals surface area contributed by atoms with E-state index in [1.54, 1.807) is 19.1 Å². The molecule has 1 aromatic heterocycles. The Morgan fingerprint density at radius 1 is 1.10 bits per heavy atom. The number of carbonyl (C=O) groups is 2. The van der Waals surface area contributed by atoms with Crippen LogP contribution in [0.5, 0.6) is 5.75 Å². The largest absolute Gasteiger partial charge is 0.496 e. The van der Waals surface area contributed by atoms with Crippen molar-refractivity contribution >= 4 is 17.9 Å². The molecule has 2 fully saturated rings. The molecule has 3 heterocycles. The Labute approximate surface area is 279 Å². The van der Waals surface area contributed by atoms with Crippen molar-refractivity contribution in [3.05, 3.63) is 77.0 Å². The minimum absolute atomic E-state index is 0.0372. The van der Waals surface area contributed by atoms with E-state index in [0.29, 0.717) is 40.9 Å². The van der Waals surface area contributed by atoms with Crippen LogP contribution < -0.4 is 9.64 Å². The Balaban J connectivity index is 1.48. The van der Waals surface area contributed by atoms with Crippen LogP contribution in [0.2, 0.25) is 0 Å². The third-order valence-electron chi connectivity index (χ3n) is 8.91. The maximum absolute atomic E-state index is 13.8. The van der Waals surface area contributed by atoms with E-state index < -0.39 is 48.9 Å². The molecule has 1 amide bonds. The number of allylic oxidation sites excluding steroid dienone is 4. The number of aryl methyl sites for hydroxylation is 1. The van der Waals surface area contributed by atoms with Gasteiger partial charge in [-0.2, -0.15) is 26.3 Å². The number of carbonyl (C=O) groups excluding carboxylic acids is 1. The number of anilines is 1. The smallest absolute Gasteiger partial charge is 0.410 e. The van der Waals surface area contributed by atoms with Crippen molar-refractivity contribution in [2.45, 2.75) is 76.5 Å². The van der Waals surface area contributed by atoms with E-state index in [1.165, 1.54) is 12.0 Å². The molecule has 1 aliphatic carbocycles. The van der Waals surface area contributed by atoms with Gasteiger partial charge in [0.1, 0.15) is 17.7 Å². The highest BCUT2D eigenvalue weighted by molar-refractivity contribution is 5.76. The van der Waals surface area contributed by atoms with Crippen LogP contribution in [-0.4, -0.2) is 71.8 Å². The second-order valence-electron chi connectivity index (χ2n) is 12.3. The number of amides is 1. The fraction of sp³-hybridized carbons (Fsp3) is 0.457. The van der Waals surface area contributed by atoms with Crippen LogP contribution in [0.1, 0.15) is 50.3 Å². The monoisotopic (exact) mass is 693 g/mol. The number of benzene rings is 1. The average Bonchev–Trinajstić information content (AvgIpc) is 3.22. The summed E-state index contributed by atoms with van der Waals surface area (Å²) in [6.07, 6.45) is -7.89. The molecular weight excluding hydrogens is 656 g/mol. The van der Waals surface area contributed by atoms with Gasteiger partial charge in [0.15, 0.2) is 0 Å². The number of nitrogens with zero attached hydrogens (tertiary/aromatic N) is 3. The third-order valence-corrected chi connectivity index (χ3v) is 8.91. The van der Waals surface area contributed by atoms with Crippen LogP contribution in [-0.2, 0) is 22.5 Å². The summed E-state index contributed by atoms with van der Waals surface area (Å²) < 4.78 is 92.5. The molecule has 1 aromatic carbocycles. The van der Waals surface area contributed by atoms with Gasteiger partial charge in [-0.25, -0.2) is 9.78 Å². The fourth-order valence-corrected chi connectivity index (χ4v) is 6.20. The maximum Gasteiger partial charge on any atom is 0.410 e. The molecule has 2 aromatic rings. The first kappa shape index (κ1) is 35.8. The number of carboxylic acids is 1. The summed E-state index contributed by atoms with van der Waals surface area (Å²) >= 11 is 0. The zero-order valence-corrected chi connectivity index (χ0v) is 27.0. The molecule has 2 saturated heterocycles. The molecule has 3 atom stereocenters. The Morgan fingerprint density at radius 2 is 1.86 bits per heavy atom. The summed E-state index contributed by atoms with van der Waals surface area (Å²) in [6, 6.07) is 8.51. The number of pyridine rings is 1. The summed E-state index contributed by atoms with van der Waals surface area (Å²) in [5.41, 5.74) is 2.01. The first-order valence-corrected chi connectivity index (χ1v) is 16.0. The highest BCUT2D eigenvalue weighted by Gasteiger charge is 2.41. The van der Waals surface area contributed by atoms with Crippen LogP contribution in [0.4, 0.5) is 37.0 Å². The number of alkyl halides is 6. The third kappa shape index (κ3) is 8.76. The Hall–Kier alpha value is -4.49. The van der Waals surface area contributed by atoms with Crippen molar-refractivity contribution < 1.29 is 50.5 Å². The molecule has 0 saturated carbocycles. The second kappa shape index (κ2) is 14.6. The fourth-order valence-electron chi connectivity index (χ4n) is 6.20. The molecule has 0 spiro atoms. The van der Waals surface area contributed by atoms with Gasteiger partial charge in [-0.3, -0.25) is 9.69 Å². The molecule has 0 radical (unpaired) electrons.